The van der Waals surface area contributed by atoms with E-state index in [1.807, 2.05) is 29.8 Å². The van der Waals surface area contributed by atoms with E-state index in [1.54, 1.807) is 36.4 Å². The summed E-state index contributed by atoms with van der Waals surface area (Å²) in [6.07, 6.45) is 6.90. The maximum Gasteiger partial charge on any atom is 0.205 e. The zero-order valence-corrected chi connectivity index (χ0v) is 19.2. The van der Waals surface area contributed by atoms with Crippen LogP contribution in [-0.2, 0) is 7.05 Å². The summed E-state index contributed by atoms with van der Waals surface area (Å²) in [5, 5.41) is 0. The zero-order valence-electron chi connectivity index (χ0n) is 19.2. The summed E-state index contributed by atoms with van der Waals surface area (Å²) in [7, 11) is 7.79. The Morgan fingerprint density at radius 2 is 0.970 bits per heavy atom. The summed E-state index contributed by atoms with van der Waals surface area (Å²) in [5.74, 6) is 0.686. The second-order valence-corrected chi connectivity index (χ2v) is 7.06. The molecule has 2 aromatic carbocycles. The van der Waals surface area contributed by atoms with Crippen molar-refractivity contribution in [3.8, 4) is 23.0 Å². The molecule has 0 unspecified atom stereocenters. The fraction of sp³-hybridized carbons (Fsp3) is 0.192. The molecule has 0 spiro atoms. The lowest BCUT2D eigenvalue weighted by Gasteiger charge is -2.09. The summed E-state index contributed by atoms with van der Waals surface area (Å²) in [4.78, 5) is 0. The molecule has 1 aromatic heterocycles. The van der Waals surface area contributed by atoms with Crippen LogP contribution in [0.5, 0.6) is 23.0 Å². The van der Waals surface area contributed by atoms with Crippen molar-refractivity contribution < 1.29 is 32.3 Å². The van der Waals surface area contributed by atoms with Crippen LogP contribution in [0.25, 0.3) is 24.3 Å². The van der Waals surface area contributed by atoms with Crippen molar-refractivity contribution >= 4 is 24.3 Å². The Morgan fingerprint density at radius 1 is 0.606 bits per heavy atom. The SMILES string of the molecule is COc1cc(F)c(/C=C/c2cccc(/C=C/c3cc(OC)c(OC)cc3F)[n+]2C)cc1OC. The number of pyridine rings is 1. The topological polar surface area (TPSA) is 40.8 Å². The Balaban J connectivity index is 1.91. The summed E-state index contributed by atoms with van der Waals surface area (Å²) in [6.45, 7) is 0. The van der Waals surface area contributed by atoms with Crippen LogP contribution in [0.2, 0.25) is 0 Å². The number of nitrogens with zero attached hydrogens (tertiary/aromatic N) is 1. The van der Waals surface area contributed by atoms with Crippen molar-refractivity contribution in [1.29, 1.82) is 0 Å². The molecule has 0 fully saturated rings. The summed E-state index contributed by atoms with van der Waals surface area (Å²) in [6, 6.07) is 11.4. The molecule has 1 heterocycles. The smallest absolute Gasteiger partial charge is 0.205 e. The number of halogens is 2. The van der Waals surface area contributed by atoms with Gasteiger partial charge in [-0.25, -0.2) is 8.78 Å². The van der Waals surface area contributed by atoms with Gasteiger partial charge < -0.3 is 18.9 Å². The Kier molecular flexibility index (Phi) is 7.66. The first-order valence-electron chi connectivity index (χ1n) is 10.1. The maximum absolute atomic E-state index is 14.4. The van der Waals surface area contributed by atoms with Crippen LogP contribution in [0.3, 0.4) is 0 Å². The van der Waals surface area contributed by atoms with E-state index in [0.717, 1.165) is 11.4 Å². The molecule has 7 heteroatoms. The average Bonchev–Trinajstić information content (AvgIpc) is 2.83. The molecule has 0 aliphatic rings. The highest BCUT2D eigenvalue weighted by atomic mass is 19.1. The number of aromatic nitrogens is 1. The van der Waals surface area contributed by atoms with Gasteiger partial charge in [0.1, 0.15) is 18.7 Å². The molecule has 0 N–H and O–H groups in total. The molecular formula is C26H26F2NO4+. The predicted molar refractivity (Wildman–Crippen MR) is 124 cm³/mol. The van der Waals surface area contributed by atoms with Gasteiger partial charge in [0, 0.05) is 47.5 Å². The number of benzene rings is 2. The average molecular weight is 454 g/mol. The lowest BCUT2D eigenvalue weighted by Crippen LogP contribution is -2.35. The van der Waals surface area contributed by atoms with E-state index in [9.17, 15) is 8.78 Å². The van der Waals surface area contributed by atoms with Crippen LogP contribution in [0, 0.1) is 11.6 Å². The monoisotopic (exact) mass is 454 g/mol. The molecule has 3 aromatic rings. The minimum absolute atomic E-state index is 0.326. The van der Waals surface area contributed by atoms with E-state index in [1.165, 1.54) is 40.6 Å². The number of rotatable bonds is 8. The molecule has 0 bridgehead atoms. The van der Waals surface area contributed by atoms with E-state index >= 15 is 0 Å². The number of ether oxygens (including phenoxy) is 4. The largest absolute Gasteiger partial charge is 0.493 e. The molecule has 172 valence electrons. The van der Waals surface area contributed by atoms with E-state index in [-0.39, 0.29) is 0 Å². The standard InChI is InChI=1S/C26H26F2NO4/c1-29-19(11-9-17-13-23(30-2)25(32-4)15-21(17)27)7-6-8-20(29)12-10-18-14-24(31-3)26(33-5)16-22(18)28/h6-16H,1-5H3/q+1/b11-9+,12-10+. The number of hydrogen-bond donors (Lipinski definition) is 0. The molecule has 3 rings (SSSR count). The van der Waals surface area contributed by atoms with Crippen molar-refractivity contribution in [1.82, 2.24) is 0 Å². The van der Waals surface area contributed by atoms with Crippen LogP contribution in [-0.4, -0.2) is 28.4 Å². The van der Waals surface area contributed by atoms with Crippen LogP contribution >= 0.6 is 0 Å². The molecular weight excluding hydrogens is 428 g/mol. The van der Waals surface area contributed by atoms with Gasteiger partial charge in [0.05, 0.1) is 28.4 Å². The fourth-order valence-corrected chi connectivity index (χ4v) is 3.30. The van der Waals surface area contributed by atoms with Gasteiger partial charge in [-0.1, -0.05) is 0 Å². The second-order valence-electron chi connectivity index (χ2n) is 7.06. The van der Waals surface area contributed by atoms with Gasteiger partial charge in [-0.3, -0.25) is 0 Å². The van der Waals surface area contributed by atoms with Crippen LogP contribution < -0.4 is 23.5 Å². The third kappa shape index (κ3) is 5.31. The molecule has 0 aliphatic heterocycles. The molecule has 0 saturated carbocycles. The molecule has 0 amide bonds. The molecule has 5 nitrogen and oxygen atoms in total. The summed E-state index contributed by atoms with van der Waals surface area (Å²) >= 11 is 0. The minimum Gasteiger partial charge on any atom is -0.493 e. The molecule has 0 saturated heterocycles. The first kappa shape index (κ1) is 23.8. The van der Waals surface area contributed by atoms with E-state index < -0.39 is 11.6 Å². The second kappa shape index (κ2) is 10.6. The molecule has 33 heavy (non-hydrogen) atoms. The Hall–Kier alpha value is -3.87. The van der Waals surface area contributed by atoms with E-state index in [2.05, 4.69) is 0 Å². The van der Waals surface area contributed by atoms with Gasteiger partial charge in [0.15, 0.2) is 23.0 Å². The van der Waals surface area contributed by atoms with Crippen LogP contribution in [0.15, 0.2) is 42.5 Å². The fourth-order valence-electron chi connectivity index (χ4n) is 3.30. The normalized spacial score (nSPS) is 11.2. The van der Waals surface area contributed by atoms with Crippen LogP contribution in [0.4, 0.5) is 8.78 Å². The lowest BCUT2D eigenvalue weighted by molar-refractivity contribution is -0.675. The Morgan fingerprint density at radius 3 is 1.33 bits per heavy atom. The first-order valence-corrected chi connectivity index (χ1v) is 10.1. The number of hydrogen-bond acceptors (Lipinski definition) is 4. The third-order valence-electron chi connectivity index (χ3n) is 5.18. The highest BCUT2D eigenvalue weighted by molar-refractivity contribution is 5.71. The van der Waals surface area contributed by atoms with Gasteiger partial charge in [0.25, 0.3) is 0 Å². The van der Waals surface area contributed by atoms with Crippen molar-refractivity contribution in [2.24, 2.45) is 7.05 Å². The Bertz CT molecular complexity index is 1120. The maximum atomic E-state index is 14.4. The third-order valence-corrected chi connectivity index (χ3v) is 5.18. The van der Waals surface area contributed by atoms with Crippen molar-refractivity contribution in [2.45, 2.75) is 0 Å². The summed E-state index contributed by atoms with van der Waals surface area (Å²) < 4.78 is 51.5. The quantitative estimate of drug-likeness (QED) is 0.441. The van der Waals surface area contributed by atoms with Gasteiger partial charge >= 0.3 is 0 Å². The van der Waals surface area contributed by atoms with Gasteiger partial charge in [-0.15, -0.1) is 0 Å². The zero-order chi connectivity index (χ0) is 24.0. The summed E-state index contributed by atoms with van der Waals surface area (Å²) in [5.41, 5.74) is 2.36. The van der Waals surface area contributed by atoms with Crippen molar-refractivity contribution in [3.05, 3.63) is 76.6 Å². The number of methoxy groups -OCH3 is 4. The van der Waals surface area contributed by atoms with E-state index in [0.29, 0.717) is 34.1 Å². The predicted octanol–water partition coefficient (Wildman–Crippen LogP) is 5.16. The highest BCUT2D eigenvalue weighted by Gasteiger charge is 2.13. The van der Waals surface area contributed by atoms with Gasteiger partial charge in [0.2, 0.25) is 11.4 Å². The van der Waals surface area contributed by atoms with Crippen molar-refractivity contribution in [3.63, 3.8) is 0 Å². The molecule has 0 aliphatic carbocycles. The Labute approximate surface area is 192 Å². The van der Waals surface area contributed by atoms with Gasteiger partial charge in [-0.05, 0) is 30.4 Å². The van der Waals surface area contributed by atoms with Crippen molar-refractivity contribution in [2.75, 3.05) is 28.4 Å². The highest BCUT2D eigenvalue weighted by Crippen LogP contribution is 2.31. The molecule has 0 radical (unpaired) electrons. The van der Waals surface area contributed by atoms with Gasteiger partial charge in [-0.2, -0.15) is 4.57 Å². The first-order chi connectivity index (χ1) is 15.9. The van der Waals surface area contributed by atoms with E-state index in [4.69, 9.17) is 18.9 Å². The molecule has 0 atom stereocenters. The lowest BCUT2D eigenvalue weighted by atomic mass is 10.1. The van der Waals surface area contributed by atoms with Crippen LogP contribution in [0.1, 0.15) is 22.5 Å². The minimum atomic E-state index is -0.425.